The Labute approximate surface area is 120 Å². The van der Waals surface area contributed by atoms with Gasteiger partial charge in [-0.1, -0.05) is 0 Å². The van der Waals surface area contributed by atoms with Gasteiger partial charge in [0.1, 0.15) is 11.4 Å². The molecular formula is C14H17N3O2S. The van der Waals surface area contributed by atoms with Gasteiger partial charge in [-0.2, -0.15) is 0 Å². The molecule has 0 saturated heterocycles. The van der Waals surface area contributed by atoms with Crippen LogP contribution in [0.25, 0.3) is 10.2 Å². The van der Waals surface area contributed by atoms with Gasteiger partial charge < -0.3 is 5.32 Å². The monoisotopic (exact) mass is 291 g/mol. The number of aromatic nitrogens is 2. The Balaban J connectivity index is 1.99. The van der Waals surface area contributed by atoms with Gasteiger partial charge in [0.15, 0.2) is 0 Å². The number of aryl methyl sites for hydroxylation is 2. The molecule has 0 aromatic carbocycles. The summed E-state index contributed by atoms with van der Waals surface area (Å²) >= 11 is 1.61. The molecule has 2 aromatic rings. The van der Waals surface area contributed by atoms with Crippen molar-refractivity contribution in [3.05, 3.63) is 27.1 Å². The van der Waals surface area contributed by atoms with Gasteiger partial charge >= 0.3 is 0 Å². The zero-order valence-corrected chi connectivity index (χ0v) is 12.4. The number of hydrogen-bond acceptors (Lipinski definition) is 4. The molecule has 0 atom stereocenters. The minimum atomic E-state index is -0.157. The molecule has 5 nitrogen and oxygen atoms in total. The number of thiophene rings is 1. The zero-order valence-electron chi connectivity index (χ0n) is 11.6. The molecule has 6 heteroatoms. The third kappa shape index (κ3) is 2.24. The fourth-order valence-corrected chi connectivity index (χ4v) is 3.87. The molecule has 0 spiro atoms. The summed E-state index contributed by atoms with van der Waals surface area (Å²) in [6, 6.07) is 0.0697. The molecule has 2 aromatic heterocycles. The van der Waals surface area contributed by atoms with E-state index in [-0.39, 0.29) is 24.1 Å². The summed E-state index contributed by atoms with van der Waals surface area (Å²) in [6.07, 6.45) is 4.59. The van der Waals surface area contributed by atoms with Crippen LogP contribution in [0.1, 0.15) is 30.7 Å². The average Bonchev–Trinajstić information content (AvgIpc) is 2.91. The number of amides is 1. The Morgan fingerprint density at radius 1 is 1.50 bits per heavy atom. The lowest BCUT2D eigenvalue weighted by Gasteiger charge is -2.09. The molecular weight excluding hydrogens is 274 g/mol. The maximum Gasteiger partial charge on any atom is 0.262 e. The summed E-state index contributed by atoms with van der Waals surface area (Å²) in [5, 5.41) is 3.51. The highest BCUT2D eigenvalue weighted by Crippen LogP contribution is 2.34. The van der Waals surface area contributed by atoms with E-state index in [9.17, 15) is 9.59 Å². The van der Waals surface area contributed by atoms with Gasteiger partial charge in [0, 0.05) is 10.9 Å². The highest BCUT2D eigenvalue weighted by Gasteiger charge is 2.21. The van der Waals surface area contributed by atoms with Crippen LogP contribution in [0.4, 0.5) is 0 Å². The van der Waals surface area contributed by atoms with E-state index in [2.05, 4.69) is 10.3 Å². The van der Waals surface area contributed by atoms with E-state index in [4.69, 9.17) is 0 Å². The molecule has 0 bridgehead atoms. The Kier molecular flexibility index (Phi) is 3.33. The minimum Gasteiger partial charge on any atom is -0.352 e. The molecule has 0 fully saturated rings. The Hall–Kier alpha value is -1.69. The largest absolute Gasteiger partial charge is 0.352 e. The van der Waals surface area contributed by atoms with Crippen LogP contribution in [0.15, 0.2) is 11.1 Å². The number of hydrogen-bond donors (Lipinski definition) is 1. The first-order valence-electron chi connectivity index (χ1n) is 6.85. The van der Waals surface area contributed by atoms with Crippen molar-refractivity contribution in [3.63, 3.8) is 0 Å². The fraction of sp³-hybridized carbons (Fsp3) is 0.500. The number of carbonyl (C=O) groups excluding carboxylic acids is 1. The minimum absolute atomic E-state index is 0.0323. The second-order valence-electron chi connectivity index (χ2n) is 5.44. The van der Waals surface area contributed by atoms with Crippen LogP contribution in [0.3, 0.4) is 0 Å². The van der Waals surface area contributed by atoms with Crippen molar-refractivity contribution < 1.29 is 4.79 Å². The van der Waals surface area contributed by atoms with E-state index in [0.717, 1.165) is 35.0 Å². The number of carbonyl (C=O) groups is 1. The fourth-order valence-electron chi connectivity index (χ4n) is 2.65. The molecule has 106 valence electrons. The quantitative estimate of drug-likeness (QED) is 0.931. The molecule has 1 aliphatic carbocycles. The normalized spacial score (nSPS) is 13.9. The van der Waals surface area contributed by atoms with E-state index in [1.54, 1.807) is 11.3 Å². The topological polar surface area (TPSA) is 64.0 Å². The first-order valence-corrected chi connectivity index (χ1v) is 7.67. The third-order valence-corrected chi connectivity index (χ3v) is 4.66. The molecule has 1 N–H and O–H groups in total. The van der Waals surface area contributed by atoms with Gasteiger partial charge in [0.05, 0.1) is 11.7 Å². The van der Waals surface area contributed by atoms with Crippen molar-refractivity contribution >= 4 is 27.5 Å². The van der Waals surface area contributed by atoms with Gasteiger partial charge in [-0.25, -0.2) is 4.98 Å². The molecule has 2 heterocycles. The van der Waals surface area contributed by atoms with Crippen molar-refractivity contribution in [2.24, 2.45) is 0 Å². The standard InChI is InChI=1S/C14H17N3O2S/c1-8(2)16-11(18)6-17-7-15-13-12(14(17)19)9-4-3-5-10(9)20-13/h7-8H,3-6H2,1-2H3,(H,16,18). The van der Waals surface area contributed by atoms with E-state index in [0.29, 0.717) is 0 Å². The van der Waals surface area contributed by atoms with Crippen molar-refractivity contribution in [2.45, 2.75) is 45.7 Å². The first kappa shape index (κ1) is 13.3. The Morgan fingerprint density at radius 2 is 2.30 bits per heavy atom. The number of nitrogens with zero attached hydrogens (tertiary/aromatic N) is 2. The summed E-state index contributed by atoms with van der Waals surface area (Å²) in [6.45, 7) is 3.83. The molecule has 0 radical (unpaired) electrons. The van der Waals surface area contributed by atoms with Gasteiger partial charge in [0.2, 0.25) is 5.91 Å². The zero-order chi connectivity index (χ0) is 14.3. The average molecular weight is 291 g/mol. The maximum atomic E-state index is 12.5. The Bertz CT molecular complexity index is 730. The summed E-state index contributed by atoms with van der Waals surface area (Å²) in [5.74, 6) is -0.157. The maximum absolute atomic E-state index is 12.5. The lowest BCUT2D eigenvalue weighted by Crippen LogP contribution is -2.36. The summed E-state index contributed by atoms with van der Waals surface area (Å²) in [5.41, 5.74) is 1.06. The van der Waals surface area contributed by atoms with E-state index >= 15 is 0 Å². The third-order valence-electron chi connectivity index (χ3n) is 3.46. The molecule has 0 saturated carbocycles. The van der Waals surface area contributed by atoms with Crippen molar-refractivity contribution in [3.8, 4) is 0 Å². The molecule has 1 amide bonds. The first-order chi connectivity index (χ1) is 9.56. The van der Waals surface area contributed by atoms with Gasteiger partial charge in [-0.3, -0.25) is 14.2 Å². The van der Waals surface area contributed by atoms with Crippen molar-refractivity contribution in [1.82, 2.24) is 14.9 Å². The second kappa shape index (κ2) is 5.01. The van der Waals surface area contributed by atoms with Crippen LogP contribution in [-0.4, -0.2) is 21.5 Å². The van der Waals surface area contributed by atoms with Crippen LogP contribution in [0.5, 0.6) is 0 Å². The van der Waals surface area contributed by atoms with E-state index in [1.165, 1.54) is 15.8 Å². The predicted molar refractivity (Wildman–Crippen MR) is 79.2 cm³/mol. The predicted octanol–water partition coefficient (Wildman–Crippen LogP) is 1.47. The lowest BCUT2D eigenvalue weighted by atomic mass is 10.2. The molecule has 3 rings (SSSR count). The van der Waals surface area contributed by atoms with Crippen molar-refractivity contribution in [1.29, 1.82) is 0 Å². The van der Waals surface area contributed by atoms with E-state index in [1.807, 2.05) is 13.8 Å². The van der Waals surface area contributed by atoms with Crippen LogP contribution >= 0.6 is 11.3 Å². The Morgan fingerprint density at radius 3 is 3.05 bits per heavy atom. The van der Waals surface area contributed by atoms with Crippen LogP contribution in [0.2, 0.25) is 0 Å². The highest BCUT2D eigenvalue weighted by atomic mass is 32.1. The SMILES string of the molecule is CC(C)NC(=O)Cn1cnc2sc3c(c2c1=O)CCC3. The second-order valence-corrected chi connectivity index (χ2v) is 6.52. The number of fused-ring (bicyclic) bond motifs is 3. The van der Waals surface area contributed by atoms with E-state index < -0.39 is 0 Å². The smallest absolute Gasteiger partial charge is 0.262 e. The van der Waals surface area contributed by atoms with Crippen molar-refractivity contribution in [2.75, 3.05) is 0 Å². The van der Waals surface area contributed by atoms with Crippen LogP contribution < -0.4 is 10.9 Å². The summed E-state index contributed by atoms with van der Waals surface area (Å²) in [4.78, 5) is 30.7. The van der Waals surface area contributed by atoms with Gasteiger partial charge in [-0.15, -0.1) is 11.3 Å². The summed E-state index contributed by atoms with van der Waals surface area (Å²) in [7, 11) is 0. The van der Waals surface area contributed by atoms with Gasteiger partial charge in [0.25, 0.3) is 5.56 Å². The molecule has 1 aliphatic rings. The molecule has 0 aliphatic heterocycles. The number of rotatable bonds is 3. The van der Waals surface area contributed by atoms with Gasteiger partial charge in [-0.05, 0) is 38.7 Å². The van der Waals surface area contributed by atoms with Crippen LogP contribution in [0, 0.1) is 0 Å². The lowest BCUT2D eigenvalue weighted by molar-refractivity contribution is -0.122. The summed E-state index contributed by atoms with van der Waals surface area (Å²) < 4.78 is 1.41. The molecule has 20 heavy (non-hydrogen) atoms. The molecule has 0 unspecified atom stereocenters. The highest BCUT2D eigenvalue weighted by molar-refractivity contribution is 7.18. The number of nitrogens with one attached hydrogen (secondary N) is 1. The van der Waals surface area contributed by atoms with Crippen LogP contribution in [-0.2, 0) is 24.2 Å².